The molecular formula is C14H18F2O2. The minimum atomic E-state index is -0.866. The van der Waals surface area contributed by atoms with Crippen molar-refractivity contribution in [3.05, 3.63) is 35.4 Å². The molecule has 1 aromatic carbocycles. The predicted molar refractivity (Wildman–Crippen MR) is 64.3 cm³/mol. The minimum Gasteiger partial charge on any atom is -0.390 e. The second kappa shape index (κ2) is 5.33. The maximum Gasteiger partial charge on any atom is 0.126 e. The van der Waals surface area contributed by atoms with Crippen LogP contribution in [-0.4, -0.2) is 23.9 Å². The zero-order chi connectivity index (χ0) is 13.2. The van der Waals surface area contributed by atoms with Crippen LogP contribution in [0.2, 0.25) is 0 Å². The van der Waals surface area contributed by atoms with Gasteiger partial charge in [-0.3, -0.25) is 0 Å². The number of methoxy groups -OCH3 is 1. The Bertz CT molecular complexity index is 392. The number of benzene rings is 1. The van der Waals surface area contributed by atoms with Crippen LogP contribution in [0.1, 0.15) is 31.2 Å². The SMILES string of the molecule is COC1CCC(O)(Cc2cc(F)cc(F)c2)CC1. The maximum atomic E-state index is 13.1. The monoisotopic (exact) mass is 256 g/mol. The van der Waals surface area contributed by atoms with Gasteiger partial charge in [-0.25, -0.2) is 8.78 Å². The van der Waals surface area contributed by atoms with E-state index in [9.17, 15) is 13.9 Å². The molecule has 4 heteroatoms. The van der Waals surface area contributed by atoms with Crippen LogP contribution in [0.25, 0.3) is 0 Å². The third kappa shape index (κ3) is 3.27. The average molecular weight is 256 g/mol. The van der Waals surface area contributed by atoms with Gasteiger partial charge < -0.3 is 9.84 Å². The molecule has 1 aliphatic rings. The first-order valence-electron chi connectivity index (χ1n) is 6.21. The van der Waals surface area contributed by atoms with Crippen molar-refractivity contribution in [2.75, 3.05) is 7.11 Å². The highest BCUT2D eigenvalue weighted by Crippen LogP contribution is 2.32. The summed E-state index contributed by atoms with van der Waals surface area (Å²) in [7, 11) is 1.66. The summed E-state index contributed by atoms with van der Waals surface area (Å²) >= 11 is 0. The number of hydrogen-bond acceptors (Lipinski definition) is 2. The molecule has 1 aliphatic carbocycles. The lowest BCUT2D eigenvalue weighted by atomic mass is 9.79. The van der Waals surface area contributed by atoms with Crippen LogP contribution in [0, 0.1) is 11.6 Å². The number of aliphatic hydroxyl groups is 1. The normalized spacial score (nSPS) is 28.3. The molecule has 1 aromatic rings. The van der Waals surface area contributed by atoms with Crippen LogP contribution in [-0.2, 0) is 11.2 Å². The fourth-order valence-electron chi connectivity index (χ4n) is 2.63. The van der Waals surface area contributed by atoms with Crippen molar-refractivity contribution in [1.29, 1.82) is 0 Å². The predicted octanol–water partition coefficient (Wildman–Crippen LogP) is 2.83. The number of halogens is 2. The third-order valence-corrected chi connectivity index (χ3v) is 3.65. The smallest absolute Gasteiger partial charge is 0.126 e. The summed E-state index contributed by atoms with van der Waals surface area (Å²) < 4.78 is 31.4. The molecule has 0 atom stereocenters. The van der Waals surface area contributed by atoms with E-state index in [1.165, 1.54) is 12.1 Å². The first-order valence-corrected chi connectivity index (χ1v) is 6.21. The van der Waals surface area contributed by atoms with Gasteiger partial charge in [0.25, 0.3) is 0 Å². The van der Waals surface area contributed by atoms with E-state index < -0.39 is 17.2 Å². The zero-order valence-corrected chi connectivity index (χ0v) is 10.5. The fourth-order valence-corrected chi connectivity index (χ4v) is 2.63. The molecule has 0 aliphatic heterocycles. The molecule has 18 heavy (non-hydrogen) atoms. The topological polar surface area (TPSA) is 29.5 Å². The Morgan fingerprint density at radius 2 is 1.78 bits per heavy atom. The van der Waals surface area contributed by atoms with Gasteiger partial charge in [0.05, 0.1) is 11.7 Å². The zero-order valence-electron chi connectivity index (χ0n) is 10.5. The summed E-state index contributed by atoms with van der Waals surface area (Å²) in [5.41, 5.74) is -0.360. The summed E-state index contributed by atoms with van der Waals surface area (Å²) in [6, 6.07) is 3.41. The molecule has 0 heterocycles. The van der Waals surface area contributed by atoms with E-state index >= 15 is 0 Å². The second-order valence-corrected chi connectivity index (χ2v) is 5.11. The Balaban J connectivity index is 2.04. The number of rotatable bonds is 3. The maximum absolute atomic E-state index is 13.1. The molecule has 1 N–H and O–H groups in total. The summed E-state index contributed by atoms with van der Waals surface area (Å²) in [6.45, 7) is 0. The van der Waals surface area contributed by atoms with E-state index in [1.807, 2.05) is 0 Å². The second-order valence-electron chi connectivity index (χ2n) is 5.11. The summed E-state index contributed by atoms with van der Waals surface area (Å²) in [5.74, 6) is -1.20. The summed E-state index contributed by atoms with van der Waals surface area (Å²) in [4.78, 5) is 0. The van der Waals surface area contributed by atoms with Crippen molar-refractivity contribution in [1.82, 2.24) is 0 Å². The minimum absolute atomic E-state index is 0.189. The van der Waals surface area contributed by atoms with Gasteiger partial charge in [0.2, 0.25) is 0 Å². The Morgan fingerprint density at radius 3 is 2.28 bits per heavy atom. The highest BCUT2D eigenvalue weighted by atomic mass is 19.1. The molecule has 0 unspecified atom stereocenters. The van der Waals surface area contributed by atoms with Gasteiger partial charge in [0.15, 0.2) is 0 Å². The number of hydrogen-bond donors (Lipinski definition) is 1. The van der Waals surface area contributed by atoms with E-state index in [4.69, 9.17) is 4.74 Å². The molecule has 0 aromatic heterocycles. The molecule has 0 bridgehead atoms. The molecule has 1 fully saturated rings. The highest BCUT2D eigenvalue weighted by molar-refractivity contribution is 5.20. The quantitative estimate of drug-likeness (QED) is 0.901. The molecule has 2 nitrogen and oxygen atoms in total. The van der Waals surface area contributed by atoms with Crippen LogP contribution >= 0.6 is 0 Å². The Kier molecular flexibility index (Phi) is 3.97. The Labute approximate surface area is 106 Å². The third-order valence-electron chi connectivity index (χ3n) is 3.65. The molecule has 0 spiro atoms. The Morgan fingerprint density at radius 1 is 1.22 bits per heavy atom. The van der Waals surface area contributed by atoms with Crippen molar-refractivity contribution < 1.29 is 18.6 Å². The van der Waals surface area contributed by atoms with Gasteiger partial charge >= 0.3 is 0 Å². The highest BCUT2D eigenvalue weighted by Gasteiger charge is 2.33. The first-order chi connectivity index (χ1) is 8.50. The van der Waals surface area contributed by atoms with Crippen molar-refractivity contribution in [2.24, 2.45) is 0 Å². The van der Waals surface area contributed by atoms with Crippen molar-refractivity contribution in [2.45, 2.75) is 43.8 Å². The largest absolute Gasteiger partial charge is 0.390 e. The summed E-state index contributed by atoms with van der Waals surface area (Å²) in [6.07, 6.45) is 3.25. The van der Waals surface area contributed by atoms with E-state index in [0.29, 0.717) is 18.4 Å². The van der Waals surface area contributed by atoms with Gasteiger partial charge in [0.1, 0.15) is 11.6 Å². The van der Waals surface area contributed by atoms with Gasteiger partial charge in [-0.2, -0.15) is 0 Å². The van der Waals surface area contributed by atoms with E-state index in [0.717, 1.165) is 18.9 Å². The van der Waals surface area contributed by atoms with Crippen LogP contribution in [0.3, 0.4) is 0 Å². The first kappa shape index (κ1) is 13.4. The van der Waals surface area contributed by atoms with Crippen LogP contribution in [0.4, 0.5) is 8.78 Å². The molecular weight excluding hydrogens is 238 g/mol. The van der Waals surface area contributed by atoms with E-state index in [1.54, 1.807) is 7.11 Å². The van der Waals surface area contributed by atoms with Crippen LogP contribution in [0.5, 0.6) is 0 Å². The number of ether oxygens (including phenoxy) is 1. The van der Waals surface area contributed by atoms with Crippen LogP contribution in [0.15, 0.2) is 18.2 Å². The lowest BCUT2D eigenvalue weighted by Crippen LogP contribution is -2.38. The average Bonchev–Trinajstić information content (AvgIpc) is 2.28. The molecule has 1 saturated carbocycles. The fraction of sp³-hybridized carbons (Fsp3) is 0.571. The molecule has 2 rings (SSSR count). The lowest BCUT2D eigenvalue weighted by molar-refractivity contribution is -0.0427. The van der Waals surface area contributed by atoms with Gasteiger partial charge in [-0.1, -0.05) is 0 Å². The van der Waals surface area contributed by atoms with Crippen molar-refractivity contribution in [3.8, 4) is 0 Å². The Hall–Kier alpha value is -1.00. The van der Waals surface area contributed by atoms with Crippen molar-refractivity contribution >= 4 is 0 Å². The van der Waals surface area contributed by atoms with Crippen molar-refractivity contribution in [3.63, 3.8) is 0 Å². The summed E-state index contributed by atoms with van der Waals surface area (Å²) in [5, 5.41) is 10.4. The van der Waals surface area contributed by atoms with E-state index in [-0.39, 0.29) is 12.5 Å². The molecule has 100 valence electrons. The van der Waals surface area contributed by atoms with Gasteiger partial charge in [-0.15, -0.1) is 0 Å². The van der Waals surface area contributed by atoms with Crippen LogP contribution < -0.4 is 0 Å². The van der Waals surface area contributed by atoms with Gasteiger partial charge in [0, 0.05) is 19.6 Å². The van der Waals surface area contributed by atoms with Gasteiger partial charge in [-0.05, 0) is 43.4 Å². The molecule has 0 saturated heterocycles. The molecule has 0 amide bonds. The lowest BCUT2D eigenvalue weighted by Gasteiger charge is -2.35. The standard InChI is InChI=1S/C14H18F2O2/c1-18-13-2-4-14(17,5-3-13)9-10-6-11(15)8-12(16)7-10/h6-8,13,17H,2-5,9H2,1H3. The molecule has 0 radical (unpaired) electrons. The van der Waals surface area contributed by atoms with E-state index in [2.05, 4.69) is 0 Å².